The summed E-state index contributed by atoms with van der Waals surface area (Å²) in [7, 11) is 0. The minimum Gasteiger partial charge on any atom is -1.00 e. The van der Waals surface area contributed by atoms with Crippen LogP contribution in [0.1, 0.15) is 90.5 Å². The van der Waals surface area contributed by atoms with E-state index >= 15 is 0 Å². The standard InChI is InChI=1S/C29H37.C13H9Cl.C5H5.2ClH.Zr/c1-18-25-22-17-19-13-9-10-14-20(19)24(22)21-15-11-12-16-23(21)29(25,8)28(6,7)27(4,5)26(18,2)3;14-13-8-4-7-12(10-13)9-11-5-2-1-3-6-11;1-2-4-5-3-1;;;/h9-11,13-15,23H,12,16-17H2,1-8H3;1-8,10H;1-5H;2*1H;/q;;;;;+2/p-2. The second-order valence-corrected chi connectivity index (χ2v) is 25.0. The van der Waals surface area contributed by atoms with Gasteiger partial charge in [0.25, 0.3) is 0 Å². The van der Waals surface area contributed by atoms with E-state index < -0.39 is 21.3 Å². The first-order valence-corrected chi connectivity index (χ1v) is 22.7. The zero-order valence-corrected chi connectivity index (χ0v) is 36.1. The van der Waals surface area contributed by atoms with Crippen molar-refractivity contribution in [2.24, 2.45) is 27.6 Å². The second kappa shape index (κ2) is 13.4. The van der Waals surface area contributed by atoms with Gasteiger partial charge >= 0.3 is 310 Å². The Morgan fingerprint density at radius 2 is 1.37 bits per heavy atom. The van der Waals surface area contributed by atoms with Crippen molar-refractivity contribution < 1.29 is 46.1 Å². The topological polar surface area (TPSA) is 0 Å². The van der Waals surface area contributed by atoms with E-state index in [0.717, 1.165) is 17.9 Å². The molecule has 0 bridgehead atoms. The fourth-order valence-corrected chi connectivity index (χ4v) is 23.3. The van der Waals surface area contributed by atoms with Gasteiger partial charge in [-0.15, -0.1) is 0 Å². The summed E-state index contributed by atoms with van der Waals surface area (Å²) in [6, 6.07) is 29.6. The molecule has 5 aliphatic carbocycles. The zero-order chi connectivity index (χ0) is 34.6. The Kier molecular flexibility index (Phi) is 10.2. The quantitative estimate of drug-likeness (QED) is 0.266. The molecule has 0 nitrogen and oxygen atoms in total. The molecule has 1 saturated carbocycles. The fraction of sp³-hybridized carbons (Fsp3) is 0.383. The van der Waals surface area contributed by atoms with Crippen LogP contribution in [-0.2, 0) is 27.7 Å². The summed E-state index contributed by atoms with van der Waals surface area (Å²) in [6.07, 6.45) is 18.2. The Hall–Kier alpha value is -2.02. The van der Waals surface area contributed by atoms with E-state index in [0.29, 0.717) is 9.54 Å². The van der Waals surface area contributed by atoms with Crippen LogP contribution < -0.4 is 24.8 Å². The van der Waals surface area contributed by atoms with E-state index in [4.69, 9.17) is 11.6 Å². The van der Waals surface area contributed by atoms with E-state index in [2.05, 4.69) is 165 Å². The second-order valence-electron chi connectivity index (χ2n) is 17.2. The van der Waals surface area contributed by atoms with Crippen LogP contribution >= 0.6 is 11.6 Å². The zero-order valence-electron chi connectivity index (χ0n) is 31.4. The maximum atomic E-state index is 6.89. The molecular weight excluding hydrogens is 762 g/mol. The van der Waals surface area contributed by atoms with Gasteiger partial charge in [0.15, 0.2) is 0 Å². The summed E-state index contributed by atoms with van der Waals surface area (Å²) in [5.74, 6) is 0.479. The predicted octanol–water partition coefficient (Wildman–Crippen LogP) is 7.01. The van der Waals surface area contributed by atoms with Gasteiger partial charge in [-0.05, 0) is 0 Å². The van der Waals surface area contributed by atoms with E-state index in [9.17, 15) is 0 Å². The molecule has 4 heteroatoms. The van der Waals surface area contributed by atoms with Gasteiger partial charge < -0.3 is 24.8 Å². The molecular formula is C47H51Cl3Zr. The maximum absolute atomic E-state index is 6.89. The van der Waals surface area contributed by atoms with Crippen molar-refractivity contribution in [2.75, 3.05) is 0 Å². The van der Waals surface area contributed by atoms with E-state index in [1.165, 1.54) is 28.7 Å². The molecule has 0 radical (unpaired) electrons. The largest absolute Gasteiger partial charge is 1.00 e. The first kappa shape index (κ1) is 38.7. The molecule has 0 spiro atoms. The van der Waals surface area contributed by atoms with Gasteiger partial charge in [0.1, 0.15) is 0 Å². The van der Waals surface area contributed by atoms with Crippen LogP contribution in [0.15, 0.2) is 132 Å². The van der Waals surface area contributed by atoms with Gasteiger partial charge in [0.2, 0.25) is 0 Å². The molecule has 0 saturated heterocycles. The average molecular weight is 814 g/mol. The van der Waals surface area contributed by atoms with Crippen molar-refractivity contribution in [3.05, 3.63) is 159 Å². The summed E-state index contributed by atoms with van der Waals surface area (Å²) in [6.45, 7) is 21.4. The first-order chi connectivity index (χ1) is 23.3. The number of rotatable bonds is 4. The smallest absolute Gasteiger partial charge is 1.00 e. The molecule has 3 aromatic carbocycles. The molecule has 51 heavy (non-hydrogen) atoms. The Bertz CT molecular complexity index is 2060. The molecule has 0 aromatic heterocycles. The molecule has 0 aliphatic heterocycles. The number of halogens is 3. The van der Waals surface area contributed by atoms with Gasteiger partial charge in [0, 0.05) is 0 Å². The van der Waals surface area contributed by atoms with Crippen LogP contribution in [0, 0.1) is 27.6 Å². The summed E-state index contributed by atoms with van der Waals surface area (Å²) < 4.78 is 1.98. The molecule has 0 heterocycles. The number of hydrogen-bond acceptors (Lipinski definition) is 0. The van der Waals surface area contributed by atoms with Gasteiger partial charge in [-0.1, -0.05) is 0 Å². The van der Waals surface area contributed by atoms with Crippen LogP contribution in [0.2, 0.25) is 11.8 Å². The number of benzene rings is 3. The molecule has 3 atom stereocenters. The summed E-state index contributed by atoms with van der Waals surface area (Å²) in [4.78, 5) is 0. The Morgan fingerprint density at radius 3 is 2.06 bits per heavy atom. The van der Waals surface area contributed by atoms with E-state index in [-0.39, 0.29) is 49.6 Å². The Morgan fingerprint density at radius 1 is 0.725 bits per heavy atom. The molecule has 1 fully saturated rings. The molecule has 0 N–H and O–H groups in total. The van der Waals surface area contributed by atoms with Crippen LogP contribution in [0.25, 0.3) is 5.57 Å². The number of fused-ring (bicyclic) bond motifs is 6. The van der Waals surface area contributed by atoms with Crippen molar-refractivity contribution in [3.8, 4) is 0 Å². The van der Waals surface area contributed by atoms with Crippen LogP contribution in [0.3, 0.4) is 0 Å². The SMILES string of the molecule is CC12C(=C3Cc4ccccc4C3=C3C=CCCC31)[C](C)([Zr+2](=[C](c1ccccc1)c1cccc(Cl)c1)[CH]1C=CC=C1)C(C)(C)C(C)(C)C2(C)C.[Cl-].[Cl-]. The molecule has 8 rings (SSSR count). The monoisotopic (exact) mass is 810 g/mol. The average Bonchev–Trinajstić information content (AvgIpc) is 3.75. The third kappa shape index (κ3) is 5.10. The Labute approximate surface area is 332 Å². The molecule has 5 aliphatic rings. The summed E-state index contributed by atoms with van der Waals surface area (Å²) >= 11 is 3.87. The normalized spacial score (nSPS) is 27.9. The third-order valence-corrected chi connectivity index (χ3v) is 25.7. The molecule has 264 valence electrons. The predicted molar refractivity (Wildman–Crippen MR) is 207 cm³/mol. The number of hydrogen-bond donors (Lipinski definition) is 0. The van der Waals surface area contributed by atoms with Crippen LogP contribution in [0.4, 0.5) is 0 Å². The van der Waals surface area contributed by atoms with Crippen molar-refractivity contribution in [1.29, 1.82) is 0 Å². The fourth-order valence-electron chi connectivity index (χ4n) is 11.5. The minimum absolute atomic E-state index is 0. The number of allylic oxidation sites excluding steroid dienone is 10. The van der Waals surface area contributed by atoms with Crippen LogP contribution in [-0.4, -0.2) is 3.21 Å². The Balaban J connectivity index is 0.00000224. The van der Waals surface area contributed by atoms with Crippen molar-refractivity contribution >= 4 is 20.4 Å². The van der Waals surface area contributed by atoms with Crippen molar-refractivity contribution in [3.63, 3.8) is 0 Å². The molecule has 3 aromatic rings. The van der Waals surface area contributed by atoms with Crippen molar-refractivity contribution in [2.45, 2.75) is 81.4 Å². The van der Waals surface area contributed by atoms with Crippen molar-refractivity contribution in [1.82, 2.24) is 0 Å². The summed E-state index contributed by atoms with van der Waals surface area (Å²) in [5.41, 5.74) is 12.3. The van der Waals surface area contributed by atoms with Crippen LogP contribution in [0.5, 0.6) is 0 Å². The first-order valence-electron chi connectivity index (χ1n) is 18.4. The summed E-state index contributed by atoms with van der Waals surface area (Å²) in [5, 5.41) is 0.820. The van der Waals surface area contributed by atoms with Gasteiger partial charge in [-0.25, -0.2) is 0 Å². The molecule has 0 amide bonds. The van der Waals surface area contributed by atoms with Gasteiger partial charge in [-0.3, -0.25) is 0 Å². The molecule has 3 unspecified atom stereocenters. The van der Waals surface area contributed by atoms with Gasteiger partial charge in [-0.2, -0.15) is 0 Å². The maximum Gasteiger partial charge on any atom is -1.00 e. The van der Waals surface area contributed by atoms with E-state index in [1.54, 1.807) is 19.9 Å². The third-order valence-electron chi connectivity index (χ3n) is 15.3. The van der Waals surface area contributed by atoms with Gasteiger partial charge in [0.05, 0.1) is 0 Å². The van der Waals surface area contributed by atoms with E-state index in [1.807, 2.05) is 11.6 Å². The minimum atomic E-state index is -3.02.